The molecule has 0 radical (unpaired) electrons. The van der Waals surface area contributed by atoms with Gasteiger partial charge in [-0.2, -0.15) is 4.99 Å². The van der Waals surface area contributed by atoms with E-state index >= 15 is 0 Å². The minimum absolute atomic E-state index is 0.0248. The van der Waals surface area contributed by atoms with Gasteiger partial charge in [0.1, 0.15) is 0 Å². The van der Waals surface area contributed by atoms with E-state index in [-0.39, 0.29) is 35.3 Å². The fourth-order valence-corrected chi connectivity index (χ4v) is 5.51. The molecule has 3 rings (SSSR count). The Hall–Kier alpha value is -2.17. The summed E-state index contributed by atoms with van der Waals surface area (Å²) in [5, 5.41) is 3.06. The van der Waals surface area contributed by atoms with Crippen LogP contribution in [0, 0.1) is 0 Å². The number of methoxy groups -OCH3 is 1. The zero-order valence-electron chi connectivity index (χ0n) is 19.1. The number of hydrogen-bond donors (Lipinski definition) is 1. The Balaban J connectivity index is 1.67. The second-order valence-corrected chi connectivity index (χ2v) is 9.83. The van der Waals surface area contributed by atoms with Crippen LogP contribution in [0.3, 0.4) is 0 Å². The van der Waals surface area contributed by atoms with Gasteiger partial charge in [0.25, 0.3) is 5.91 Å². The molecule has 1 aromatic carbocycles. The fourth-order valence-electron chi connectivity index (χ4n) is 3.78. The molecule has 2 amide bonds. The van der Waals surface area contributed by atoms with Crippen LogP contribution >= 0.6 is 23.1 Å². The lowest BCUT2D eigenvalue weighted by Gasteiger charge is -2.22. The van der Waals surface area contributed by atoms with Gasteiger partial charge in [0, 0.05) is 19.7 Å². The van der Waals surface area contributed by atoms with E-state index in [4.69, 9.17) is 9.47 Å². The standard InChI is InChI=1S/C23H31N3O5S2/c1-3-31-22(29)16-9-10-18-19(13-16)33-23(26(18)11-12-30-2)25-21(28)15-32-14-20(27)24-17-7-5-4-6-8-17/h9-10,13,17H,3-8,11-12,14-15H2,1-2H3,(H,24,27). The molecule has 1 aromatic heterocycles. The highest BCUT2D eigenvalue weighted by atomic mass is 32.2. The highest BCUT2D eigenvalue weighted by molar-refractivity contribution is 8.00. The number of thioether (sulfide) groups is 1. The summed E-state index contributed by atoms with van der Waals surface area (Å²) in [4.78, 5) is 41.6. The van der Waals surface area contributed by atoms with Crippen molar-refractivity contribution in [2.24, 2.45) is 4.99 Å². The van der Waals surface area contributed by atoms with Gasteiger partial charge in [-0.15, -0.1) is 11.8 Å². The maximum Gasteiger partial charge on any atom is 0.338 e. The number of carbonyl (C=O) groups is 3. The van der Waals surface area contributed by atoms with E-state index in [0.29, 0.717) is 30.1 Å². The first-order valence-electron chi connectivity index (χ1n) is 11.3. The van der Waals surface area contributed by atoms with Gasteiger partial charge in [0.15, 0.2) is 4.80 Å². The Morgan fingerprint density at radius 3 is 2.73 bits per heavy atom. The molecule has 10 heteroatoms. The first-order valence-corrected chi connectivity index (χ1v) is 13.2. The van der Waals surface area contributed by atoms with E-state index in [2.05, 4.69) is 10.3 Å². The molecule has 0 saturated heterocycles. The van der Waals surface area contributed by atoms with Crippen LogP contribution in [0.5, 0.6) is 0 Å². The quantitative estimate of drug-likeness (QED) is 0.511. The van der Waals surface area contributed by atoms with Crippen LogP contribution in [-0.2, 0) is 25.6 Å². The molecule has 33 heavy (non-hydrogen) atoms. The van der Waals surface area contributed by atoms with Crippen LogP contribution in [-0.4, -0.2) is 60.2 Å². The van der Waals surface area contributed by atoms with Crippen LogP contribution in [0.1, 0.15) is 49.4 Å². The number of fused-ring (bicyclic) bond motifs is 1. The number of thiazole rings is 1. The van der Waals surface area contributed by atoms with Gasteiger partial charge in [-0.05, 0) is 38.0 Å². The molecule has 1 aliphatic rings. The monoisotopic (exact) mass is 493 g/mol. The van der Waals surface area contributed by atoms with Gasteiger partial charge in [0.2, 0.25) is 5.91 Å². The van der Waals surface area contributed by atoms with Gasteiger partial charge >= 0.3 is 5.97 Å². The zero-order valence-corrected chi connectivity index (χ0v) is 20.8. The number of ether oxygens (including phenoxy) is 2. The smallest absolute Gasteiger partial charge is 0.338 e. The molecule has 2 aromatic rings. The van der Waals surface area contributed by atoms with Crippen molar-refractivity contribution in [2.75, 3.05) is 31.8 Å². The van der Waals surface area contributed by atoms with Crippen LogP contribution < -0.4 is 10.1 Å². The van der Waals surface area contributed by atoms with E-state index in [0.717, 1.165) is 35.9 Å². The van der Waals surface area contributed by atoms with Crippen LogP contribution in [0.2, 0.25) is 0 Å². The molecule has 0 aliphatic heterocycles. The normalized spacial score (nSPS) is 15.0. The van der Waals surface area contributed by atoms with Crippen molar-refractivity contribution in [3.8, 4) is 0 Å². The number of amides is 2. The minimum Gasteiger partial charge on any atom is -0.462 e. The molecule has 1 N–H and O–H groups in total. The predicted octanol–water partition coefficient (Wildman–Crippen LogP) is 3.14. The van der Waals surface area contributed by atoms with Crippen molar-refractivity contribution >= 4 is 51.1 Å². The molecule has 0 bridgehead atoms. The summed E-state index contributed by atoms with van der Waals surface area (Å²) in [5.41, 5.74) is 1.33. The average Bonchev–Trinajstić information content (AvgIpc) is 3.14. The van der Waals surface area contributed by atoms with Crippen molar-refractivity contribution in [1.29, 1.82) is 0 Å². The SMILES string of the molecule is CCOC(=O)c1ccc2c(c1)sc(=NC(=O)CSCC(=O)NC1CCCCC1)n2CCOC. The molecule has 0 atom stereocenters. The van der Waals surface area contributed by atoms with E-state index in [1.165, 1.54) is 29.5 Å². The molecule has 1 fully saturated rings. The number of carbonyl (C=O) groups excluding carboxylic acids is 3. The Morgan fingerprint density at radius 1 is 1.21 bits per heavy atom. The van der Waals surface area contributed by atoms with Crippen LogP contribution in [0.4, 0.5) is 0 Å². The number of aromatic nitrogens is 1. The molecule has 0 unspecified atom stereocenters. The summed E-state index contributed by atoms with van der Waals surface area (Å²) in [7, 11) is 1.62. The van der Waals surface area contributed by atoms with Crippen LogP contribution in [0.25, 0.3) is 10.2 Å². The highest BCUT2D eigenvalue weighted by Gasteiger charge is 2.16. The maximum atomic E-state index is 12.5. The lowest BCUT2D eigenvalue weighted by atomic mass is 9.95. The first kappa shape index (κ1) is 25.5. The lowest BCUT2D eigenvalue weighted by Crippen LogP contribution is -2.37. The molecule has 1 saturated carbocycles. The third-order valence-corrected chi connectivity index (χ3v) is 7.32. The Kier molecular flexibility index (Phi) is 9.95. The van der Waals surface area contributed by atoms with Crippen molar-refractivity contribution in [1.82, 2.24) is 9.88 Å². The van der Waals surface area contributed by atoms with Crippen molar-refractivity contribution in [3.63, 3.8) is 0 Å². The van der Waals surface area contributed by atoms with Gasteiger partial charge in [0.05, 0.1) is 40.5 Å². The topological polar surface area (TPSA) is 99.0 Å². The molecule has 180 valence electrons. The van der Waals surface area contributed by atoms with Gasteiger partial charge in [-0.25, -0.2) is 4.79 Å². The molecule has 0 spiro atoms. The average molecular weight is 494 g/mol. The number of hydrogen-bond acceptors (Lipinski definition) is 7. The zero-order chi connectivity index (χ0) is 23.6. The first-order chi connectivity index (χ1) is 16.0. The predicted molar refractivity (Wildman–Crippen MR) is 131 cm³/mol. The number of nitrogens with zero attached hydrogens (tertiary/aromatic N) is 2. The largest absolute Gasteiger partial charge is 0.462 e. The second kappa shape index (κ2) is 12.9. The van der Waals surface area contributed by atoms with Gasteiger partial charge in [-0.3, -0.25) is 9.59 Å². The second-order valence-electron chi connectivity index (χ2n) is 7.83. The summed E-state index contributed by atoms with van der Waals surface area (Å²) in [5.74, 6) is -0.327. The Bertz CT molecular complexity index is 1040. The highest BCUT2D eigenvalue weighted by Crippen LogP contribution is 2.20. The number of benzene rings is 1. The van der Waals surface area contributed by atoms with Gasteiger partial charge < -0.3 is 19.4 Å². The van der Waals surface area contributed by atoms with E-state index in [9.17, 15) is 14.4 Å². The van der Waals surface area contributed by atoms with Crippen LogP contribution in [0.15, 0.2) is 23.2 Å². The van der Waals surface area contributed by atoms with E-state index < -0.39 is 0 Å². The van der Waals surface area contributed by atoms with Crippen molar-refractivity contribution < 1.29 is 23.9 Å². The Labute approximate surface area is 201 Å². The number of rotatable bonds is 10. The lowest BCUT2D eigenvalue weighted by molar-refractivity contribution is -0.119. The van der Waals surface area contributed by atoms with Gasteiger partial charge in [-0.1, -0.05) is 30.6 Å². The van der Waals surface area contributed by atoms with E-state index in [1.807, 2.05) is 10.6 Å². The summed E-state index contributed by atoms with van der Waals surface area (Å²) >= 11 is 2.61. The minimum atomic E-state index is -0.381. The molecular formula is C23H31N3O5S2. The summed E-state index contributed by atoms with van der Waals surface area (Å²) in [6.07, 6.45) is 5.64. The fraction of sp³-hybridized carbons (Fsp3) is 0.565. The molecule has 1 aliphatic carbocycles. The summed E-state index contributed by atoms with van der Waals surface area (Å²) in [6.45, 7) is 3.06. The molecule has 1 heterocycles. The number of esters is 1. The number of nitrogens with one attached hydrogen (secondary N) is 1. The summed E-state index contributed by atoms with van der Waals surface area (Å²) < 4.78 is 13.0. The van der Waals surface area contributed by atoms with E-state index in [1.54, 1.807) is 26.2 Å². The Morgan fingerprint density at radius 2 is 2.00 bits per heavy atom. The van der Waals surface area contributed by atoms with Crippen molar-refractivity contribution in [2.45, 2.75) is 51.6 Å². The van der Waals surface area contributed by atoms with Crippen molar-refractivity contribution in [3.05, 3.63) is 28.6 Å². The molecular weight excluding hydrogens is 462 g/mol. The third-order valence-electron chi connectivity index (χ3n) is 5.36. The molecule has 8 nitrogen and oxygen atoms in total. The third kappa shape index (κ3) is 7.41. The summed E-state index contributed by atoms with van der Waals surface area (Å²) in [6, 6.07) is 5.57. The maximum absolute atomic E-state index is 12.5.